The van der Waals surface area contributed by atoms with E-state index in [-0.39, 0.29) is 5.91 Å². The monoisotopic (exact) mass is 307 g/mol. The number of carbonyl (C=O) groups is 1. The lowest BCUT2D eigenvalue weighted by Gasteiger charge is -2.35. The number of rotatable bonds is 5. The van der Waals surface area contributed by atoms with Crippen LogP contribution in [-0.4, -0.2) is 41.5 Å². The molecule has 0 aliphatic carbocycles. The van der Waals surface area contributed by atoms with Gasteiger partial charge in [0.1, 0.15) is 0 Å². The lowest BCUT2D eigenvalue weighted by Crippen LogP contribution is -2.43. The number of carbonyl (C=O) groups excluding carboxylic acids is 1. The van der Waals surface area contributed by atoms with Gasteiger partial charge in [0.05, 0.1) is 10.7 Å². The van der Waals surface area contributed by atoms with E-state index < -0.39 is 0 Å². The fourth-order valence-corrected chi connectivity index (χ4v) is 3.24. The van der Waals surface area contributed by atoms with Gasteiger partial charge in [-0.05, 0) is 52.2 Å². The third-order valence-electron chi connectivity index (χ3n) is 3.89. The molecule has 2 rings (SSSR count). The van der Waals surface area contributed by atoms with Crippen LogP contribution in [0.1, 0.15) is 37.4 Å². The molecule has 1 amide bonds. The first-order valence-corrected chi connectivity index (χ1v) is 8.54. The van der Waals surface area contributed by atoms with Crippen LogP contribution in [0.5, 0.6) is 0 Å². The molecule has 0 aromatic carbocycles. The molecule has 1 N–H and O–H groups in total. The highest BCUT2D eigenvalue weighted by atomic mass is 32.1. The quantitative estimate of drug-likeness (QED) is 0.851. The van der Waals surface area contributed by atoms with Gasteiger partial charge in [-0.15, -0.1) is 11.3 Å². The van der Waals surface area contributed by atoms with Gasteiger partial charge in [-0.1, -0.05) is 0 Å². The van der Waals surface area contributed by atoms with Gasteiger partial charge in [-0.2, -0.15) is 0 Å². The van der Waals surface area contributed by atoms with Crippen molar-refractivity contribution >= 4 is 23.3 Å². The first-order chi connectivity index (χ1) is 10.0. The van der Waals surface area contributed by atoms with Crippen molar-refractivity contribution in [2.45, 2.75) is 39.7 Å². The van der Waals surface area contributed by atoms with E-state index in [1.54, 1.807) is 23.5 Å². The second kappa shape index (κ2) is 7.71. The first kappa shape index (κ1) is 16.2. The molecule has 1 aliphatic rings. The van der Waals surface area contributed by atoms with E-state index in [1.165, 1.54) is 19.4 Å². The molecular weight excluding hydrogens is 282 g/mol. The number of aryl methyl sites for hydroxylation is 1. The van der Waals surface area contributed by atoms with Crippen LogP contribution in [-0.2, 0) is 4.79 Å². The van der Waals surface area contributed by atoms with Crippen molar-refractivity contribution in [3.05, 3.63) is 22.2 Å². The Kier molecular flexibility index (Phi) is 5.94. The highest BCUT2D eigenvalue weighted by Crippen LogP contribution is 2.17. The Morgan fingerprint density at radius 3 is 3.10 bits per heavy atom. The molecule has 5 heteroatoms. The number of piperidine rings is 1. The van der Waals surface area contributed by atoms with Gasteiger partial charge < -0.3 is 10.2 Å². The fraction of sp³-hybridized carbons (Fsp3) is 0.625. The van der Waals surface area contributed by atoms with E-state index in [4.69, 9.17) is 0 Å². The summed E-state index contributed by atoms with van der Waals surface area (Å²) in [6.45, 7) is 9.48. The number of nitrogens with zero attached hydrogens (tertiary/aromatic N) is 2. The zero-order valence-electron chi connectivity index (χ0n) is 13.1. The summed E-state index contributed by atoms with van der Waals surface area (Å²) in [6, 6.07) is 0.594. The van der Waals surface area contributed by atoms with E-state index in [0.717, 1.165) is 23.8 Å². The number of thiazole rings is 1. The van der Waals surface area contributed by atoms with E-state index in [9.17, 15) is 4.79 Å². The Labute approximate surface area is 131 Å². The number of amides is 1. The van der Waals surface area contributed by atoms with Gasteiger partial charge in [-0.25, -0.2) is 4.98 Å². The highest BCUT2D eigenvalue weighted by Gasteiger charge is 2.21. The SMILES string of the molecule is Cc1nc(/C=C\C(=O)NC[C@@H]2CCCN(C(C)C)C2)cs1. The van der Waals surface area contributed by atoms with Crippen LogP contribution in [0, 0.1) is 12.8 Å². The van der Waals surface area contributed by atoms with Gasteiger partial charge in [-0.3, -0.25) is 4.79 Å². The number of hydrogen-bond donors (Lipinski definition) is 1. The summed E-state index contributed by atoms with van der Waals surface area (Å²) in [7, 11) is 0. The van der Waals surface area contributed by atoms with Crippen LogP contribution < -0.4 is 5.32 Å². The summed E-state index contributed by atoms with van der Waals surface area (Å²) in [5.74, 6) is 0.544. The Morgan fingerprint density at radius 2 is 2.43 bits per heavy atom. The van der Waals surface area contributed by atoms with Gasteiger partial charge in [0.25, 0.3) is 0 Å². The number of hydrogen-bond acceptors (Lipinski definition) is 4. The zero-order chi connectivity index (χ0) is 15.2. The zero-order valence-corrected chi connectivity index (χ0v) is 13.9. The molecule has 1 aliphatic heterocycles. The molecule has 0 spiro atoms. The predicted octanol–water partition coefficient (Wildman–Crippen LogP) is 2.70. The van der Waals surface area contributed by atoms with Crippen molar-refractivity contribution < 1.29 is 4.79 Å². The Balaban J connectivity index is 1.74. The van der Waals surface area contributed by atoms with Crippen molar-refractivity contribution in [2.24, 2.45) is 5.92 Å². The Bertz CT molecular complexity index is 495. The van der Waals surface area contributed by atoms with E-state index in [0.29, 0.717) is 12.0 Å². The van der Waals surface area contributed by atoms with Gasteiger partial charge in [0, 0.05) is 30.6 Å². The molecular formula is C16H25N3OS. The standard InChI is InChI=1S/C16H25N3OS/c1-12(2)19-8-4-5-14(10-19)9-17-16(20)7-6-15-11-21-13(3)18-15/h6-7,11-12,14H,4-5,8-10H2,1-3H3,(H,17,20)/b7-6-/t14-/m0/s1. The minimum Gasteiger partial charge on any atom is -0.352 e. The van der Waals surface area contributed by atoms with Crippen molar-refractivity contribution in [1.82, 2.24) is 15.2 Å². The molecule has 0 saturated carbocycles. The summed E-state index contributed by atoms with van der Waals surface area (Å²) >= 11 is 1.60. The maximum atomic E-state index is 11.8. The minimum atomic E-state index is -0.0256. The molecule has 4 nitrogen and oxygen atoms in total. The fourth-order valence-electron chi connectivity index (χ4n) is 2.65. The van der Waals surface area contributed by atoms with Crippen molar-refractivity contribution in [2.75, 3.05) is 19.6 Å². The third-order valence-corrected chi connectivity index (χ3v) is 4.68. The lowest BCUT2D eigenvalue weighted by molar-refractivity contribution is -0.116. The van der Waals surface area contributed by atoms with Crippen LogP contribution in [0.4, 0.5) is 0 Å². The molecule has 0 unspecified atom stereocenters. The Morgan fingerprint density at radius 1 is 1.62 bits per heavy atom. The smallest absolute Gasteiger partial charge is 0.244 e. The summed E-state index contributed by atoms with van der Waals surface area (Å²) in [5.41, 5.74) is 0.858. The van der Waals surface area contributed by atoms with Crippen LogP contribution in [0.15, 0.2) is 11.5 Å². The molecule has 116 valence electrons. The van der Waals surface area contributed by atoms with Crippen molar-refractivity contribution in [3.63, 3.8) is 0 Å². The van der Waals surface area contributed by atoms with Crippen LogP contribution in [0.3, 0.4) is 0 Å². The summed E-state index contributed by atoms with van der Waals surface area (Å²) in [6.07, 6.45) is 5.79. The third kappa shape index (κ3) is 5.25. The molecule has 21 heavy (non-hydrogen) atoms. The minimum absolute atomic E-state index is 0.0256. The lowest BCUT2D eigenvalue weighted by atomic mass is 9.97. The van der Waals surface area contributed by atoms with Crippen LogP contribution in [0.25, 0.3) is 6.08 Å². The maximum Gasteiger partial charge on any atom is 0.244 e. The number of aromatic nitrogens is 1. The summed E-state index contributed by atoms with van der Waals surface area (Å²) in [5, 5.41) is 5.99. The second-order valence-corrected chi connectivity index (χ2v) is 7.03. The molecule has 0 radical (unpaired) electrons. The number of nitrogens with one attached hydrogen (secondary N) is 1. The Hall–Kier alpha value is -1.20. The molecule has 1 aromatic rings. The van der Waals surface area contributed by atoms with E-state index in [1.807, 2.05) is 12.3 Å². The van der Waals surface area contributed by atoms with Gasteiger partial charge in [0.2, 0.25) is 5.91 Å². The number of likely N-dealkylation sites (tertiary alicyclic amines) is 1. The van der Waals surface area contributed by atoms with E-state index in [2.05, 4.69) is 29.0 Å². The molecule has 1 atom stereocenters. The second-order valence-electron chi connectivity index (χ2n) is 5.97. The maximum absolute atomic E-state index is 11.8. The summed E-state index contributed by atoms with van der Waals surface area (Å²) in [4.78, 5) is 18.6. The average Bonchev–Trinajstić information content (AvgIpc) is 2.89. The largest absolute Gasteiger partial charge is 0.352 e. The van der Waals surface area contributed by atoms with Crippen molar-refractivity contribution in [3.8, 4) is 0 Å². The first-order valence-electron chi connectivity index (χ1n) is 7.66. The van der Waals surface area contributed by atoms with Gasteiger partial charge in [0.15, 0.2) is 0 Å². The molecule has 1 saturated heterocycles. The van der Waals surface area contributed by atoms with Crippen molar-refractivity contribution in [1.29, 1.82) is 0 Å². The average molecular weight is 307 g/mol. The molecule has 2 heterocycles. The van der Waals surface area contributed by atoms with Crippen LogP contribution in [0.2, 0.25) is 0 Å². The normalized spacial score (nSPS) is 20.3. The summed E-state index contributed by atoms with van der Waals surface area (Å²) < 4.78 is 0. The highest BCUT2D eigenvalue weighted by molar-refractivity contribution is 7.09. The van der Waals surface area contributed by atoms with Crippen LogP contribution >= 0.6 is 11.3 Å². The predicted molar refractivity (Wildman–Crippen MR) is 88.3 cm³/mol. The van der Waals surface area contributed by atoms with Gasteiger partial charge >= 0.3 is 0 Å². The molecule has 1 fully saturated rings. The van der Waals surface area contributed by atoms with E-state index >= 15 is 0 Å². The molecule has 1 aromatic heterocycles. The topological polar surface area (TPSA) is 45.2 Å². The molecule has 0 bridgehead atoms.